The highest BCUT2D eigenvalue weighted by molar-refractivity contribution is 6.06. The molecule has 0 N–H and O–H groups in total. The van der Waals surface area contributed by atoms with E-state index >= 15 is 0 Å². The Morgan fingerprint density at radius 3 is 2.65 bits per heavy atom. The Morgan fingerprint density at radius 2 is 2.05 bits per heavy atom. The van der Waals surface area contributed by atoms with Crippen LogP contribution in [0.5, 0.6) is 0 Å². The van der Waals surface area contributed by atoms with E-state index in [2.05, 4.69) is 6.07 Å². The van der Waals surface area contributed by atoms with Crippen LogP contribution in [0.4, 0.5) is 0 Å². The van der Waals surface area contributed by atoms with Gasteiger partial charge in [0.25, 0.3) is 0 Å². The number of nitriles is 1. The quantitative estimate of drug-likeness (QED) is 0.630. The molecular weight excluding hydrogens is 248 g/mol. The molecule has 0 saturated carbocycles. The first-order chi connectivity index (χ1) is 9.52. The second kappa shape index (κ2) is 5.58. The number of hydrogen-bond acceptors (Lipinski definition) is 2. The van der Waals surface area contributed by atoms with E-state index in [9.17, 15) is 4.79 Å². The zero-order valence-corrected chi connectivity index (χ0v) is 11.8. The second-order valence-corrected chi connectivity index (χ2v) is 4.81. The van der Waals surface area contributed by atoms with Crippen molar-refractivity contribution in [1.82, 2.24) is 4.57 Å². The molecule has 0 aliphatic heterocycles. The van der Waals surface area contributed by atoms with E-state index < -0.39 is 0 Å². The van der Waals surface area contributed by atoms with Crippen molar-refractivity contribution in [2.75, 3.05) is 0 Å². The van der Waals surface area contributed by atoms with Gasteiger partial charge in [-0.2, -0.15) is 5.26 Å². The molecule has 0 aliphatic rings. The minimum atomic E-state index is -0.0320. The third-order valence-corrected chi connectivity index (χ3v) is 3.41. The van der Waals surface area contributed by atoms with Gasteiger partial charge >= 0.3 is 0 Å². The fourth-order valence-corrected chi connectivity index (χ4v) is 2.06. The van der Waals surface area contributed by atoms with Crippen molar-refractivity contribution in [3.05, 3.63) is 64.5 Å². The highest BCUT2D eigenvalue weighted by atomic mass is 16.1. The highest BCUT2D eigenvalue weighted by Gasteiger charge is 2.07. The largest absolute Gasteiger partial charge is 0.339 e. The molecule has 1 heterocycles. The van der Waals surface area contributed by atoms with Gasteiger partial charge in [-0.25, -0.2) is 0 Å². The van der Waals surface area contributed by atoms with Crippen LogP contribution >= 0.6 is 0 Å². The summed E-state index contributed by atoms with van der Waals surface area (Å²) in [6.45, 7) is 3.89. The van der Waals surface area contributed by atoms with Gasteiger partial charge in [-0.3, -0.25) is 4.79 Å². The SMILES string of the molecule is Cc1cccc(C(=O)/C=C/c2cc(C#N)n(C)c2C)c1. The lowest BCUT2D eigenvalue weighted by molar-refractivity contribution is 0.104. The van der Waals surface area contributed by atoms with Gasteiger partial charge < -0.3 is 4.57 Å². The topological polar surface area (TPSA) is 45.8 Å². The van der Waals surface area contributed by atoms with E-state index in [4.69, 9.17) is 5.26 Å². The maximum absolute atomic E-state index is 12.1. The van der Waals surface area contributed by atoms with E-state index in [1.807, 2.05) is 43.7 Å². The summed E-state index contributed by atoms with van der Waals surface area (Å²) in [6.07, 6.45) is 3.32. The average molecular weight is 264 g/mol. The van der Waals surface area contributed by atoms with Crippen molar-refractivity contribution in [2.24, 2.45) is 7.05 Å². The molecule has 0 spiro atoms. The molecule has 0 atom stereocenters. The summed E-state index contributed by atoms with van der Waals surface area (Å²) in [5, 5.41) is 8.98. The minimum absolute atomic E-state index is 0.0320. The summed E-state index contributed by atoms with van der Waals surface area (Å²) < 4.78 is 1.82. The van der Waals surface area contributed by atoms with Crippen molar-refractivity contribution in [1.29, 1.82) is 5.26 Å². The van der Waals surface area contributed by atoms with Crippen molar-refractivity contribution in [3.63, 3.8) is 0 Å². The maximum Gasteiger partial charge on any atom is 0.185 e. The normalized spacial score (nSPS) is 10.7. The van der Waals surface area contributed by atoms with Crippen LogP contribution in [-0.2, 0) is 7.05 Å². The monoisotopic (exact) mass is 264 g/mol. The van der Waals surface area contributed by atoms with E-state index in [1.165, 1.54) is 0 Å². The van der Waals surface area contributed by atoms with Crippen molar-refractivity contribution in [2.45, 2.75) is 13.8 Å². The number of aryl methyl sites for hydroxylation is 1. The van der Waals surface area contributed by atoms with Crippen LogP contribution in [0.1, 0.15) is 32.9 Å². The van der Waals surface area contributed by atoms with Crippen LogP contribution in [-0.4, -0.2) is 10.4 Å². The van der Waals surface area contributed by atoms with Gasteiger partial charge in [-0.15, -0.1) is 0 Å². The first-order valence-electron chi connectivity index (χ1n) is 6.38. The highest BCUT2D eigenvalue weighted by Crippen LogP contribution is 2.15. The summed E-state index contributed by atoms with van der Waals surface area (Å²) in [4.78, 5) is 12.1. The van der Waals surface area contributed by atoms with E-state index in [1.54, 1.807) is 24.3 Å². The van der Waals surface area contributed by atoms with E-state index in [0.29, 0.717) is 11.3 Å². The fraction of sp³-hybridized carbons (Fsp3) is 0.176. The number of aromatic nitrogens is 1. The maximum atomic E-state index is 12.1. The van der Waals surface area contributed by atoms with Gasteiger partial charge in [0, 0.05) is 18.3 Å². The molecule has 2 aromatic rings. The molecule has 0 unspecified atom stereocenters. The van der Waals surface area contributed by atoms with Crippen molar-refractivity contribution >= 4 is 11.9 Å². The Hall–Kier alpha value is -2.60. The first kappa shape index (κ1) is 13.8. The first-order valence-corrected chi connectivity index (χ1v) is 6.38. The van der Waals surface area contributed by atoms with Crippen LogP contribution in [0.15, 0.2) is 36.4 Å². The molecule has 0 radical (unpaired) electrons. The van der Waals surface area contributed by atoms with Crippen LogP contribution in [0.3, 0.4) is 0 Å². The van der Waals surface area contributed by atoms with Gasteiger partial charge in [0.1, 0.15) is 11.8 Å². The van der Waals surface area contributed by atoms with Gasteiger partial charge in [-0.1, -0.05) is 23.8 Å². The Bertz CT molecular complexity index is 730. The minimum Gasteiger partial charge on any atom is -0.339 e. The fourth-order valence-electron chi connectivity index (χ4n) is 2.06. The molecule has 3 heteroatoms. The van der Waals surface area contributed by atoms with Crippen molar-refractivity contribution in [3.8, 4) is 6.07 Å². The lowest BCUT2D eigenvalue weighted by atomic mass is 10.1. The summed E-state index contributed by atoms with van der Waals surface area (Å²) in [6, 6.07) is 11.4. The Labute approximate surface area is 118 Å². The smallest absolute Gasteiger partial charge is 0.185 e. The van der Waals surface area contributed by atoms with Crippen LogP contribution < -0.4 is 0 Å². The summed E-state index contributed by atoms with van der Waals surface area (Å²) in [5.41, 5.74) is 4.19. The Kier molecular flexibility index (Phi) is 3.86. The van der Waals surface area contributed by atoms with Gasteiger partial charge in [0.2, 0.25) is 0 Å². The molecule has 1 aromatic heterocycles. The average Bonchev–Trinajstić information content (AvgIpc) is 2.72. The predicted octanol–water partition coefficient (Wildman–Crippen LogP) is 3.41. The number of ketones is 1. The Balaban J connectivity index is 2.26. The molecular formula is C17H16N2O. The second-order valence-electron chi connectivity index (χ2n) is 4.81. The number of allylic oxidation sites excluding steroid dienone is 1. The summed E-state index contributed by atoms with van der Waals surface area (Å²) in [5.74, 6) is -0.0320. The molecule has 0 fully saturated rings. The third-order valence-electron chi connectivity index (χ3n) is 3.41. The number of carbonyl (C=O) groups is 1. The van der Waals surface area contributed by atoms with Gasteiger partial charge in [0.15, 0.2) is 5.78 Å². The summed E-state index contributed by atoms with van der Waals surface area (Å²) >= 11 is 0. The molecule has 2 rings (SSSR count). The number of carbonyl (C=O) groups excluding carboxylic acids is 1. The van der Waals surface area contributed by atoms with E-state index in [-0.39, 0.29) is 5.78 Å². The van der Waals surface area contributed by atoms with Crippen LogP contribution in [0.25, 0.3) is 6.08 Å². The zero-order chi connectivity index (χ0) is 14.7. The lowest BCUT2D eigenvalue weighted by Crippen LogP contribution is -1.95. The Morgan fingerprint density at radius 1 is 1.30 bits per heavy atom. The van der Waals surface area contributed by atoms with Crippen molar-refractivity contribution < 1.29 is 4.79 Å². The predicted molar refractivity (Wildman–Crippen MR) is 79.4 cm³/mol. The van der Waals surface area contributed by atoms with Crippen LogP contribution in [0.2, 0.25) is 0 Å². The standard InChI is InChI=1S/C17H16N2O/c1-12-5-4-6-15(9-12)17(20)8-7-14-10-16(11-18)19(3)13(14)2/h4-10H,1-3H3/b8-7+. The number of rotatable bonds is 3. The molecule has 100 valence electrons. The lowest BCUT2D eigenvalue weighted by Gasteiger charge is -1.99. The molecule has 20 heavy (non-hydrogen) atoms. The van der Waals surface area contributed by atoms with Gasteiger partial charge in [-0.05, 0) is 43.7 Å². The number of hydrogen-bond donors (Lipinski definition) is 0. The molecule has 0 saturated heterocycles. The molecule has 0 amide bonds. The van der Waals surface area contributed by atoms with Crippen LogP contribution in [0, 0.1) is 25.2 Å². The molecule has 0 aliphatic carbocycles. The zero-order valence-electron chi connectivity index (χ0n) is 11.8. The number of benzene rings is 1. The molecule has 1 aromatic carbocycles. The third kappa shape index (κ3) is 2.70. The van der Waals surface area contributed by atoms with Gasteiger partial charge in [0.05, 0.1) is 0 Å². The molecule has 0 bridgehead atoms. The number of nitrogens with zero attached hydrogens (tertiary/aromatic N) is 2. The summed E-state index contributed by atoms with van der Waals surface area (Å²) in [7, 11) is 1.84. The van der Waals surface area contributed by atoms with E-state index in [0.717, 1.165) is 16.8 Å². The molecule has 3 nitrogen and oxygen atoms in total.